The Morgan fingerprint density at radius 3 is 2.64 bits per heavy atom. The first-order chi connectivity index (χ1) is 13.5. The van der Waals surface area contributed by atoms with E-state index in [-0.39, 0.29) is 17.7 Å². The molecule has 0 saturated heterocycles. The lowest BCUT2D eigenvalue weighted by molar-refractivity contribution is 0.0939. The predicted molar refractivity (Wildman–Crippen MR) is 112 cm³/mol. The Kier molecular flexibility index (Phi) is 6.70. The molecule has 1 aromatic heterocycles. The van der Waals surface area contributed by atoms with Gasteiger partial charge in [-0.2, -0.15) is 0 Å². The smallest absolute Gasteiger partial charge is 0.251 e. The fourth-order valence-electron chi connectivity index (χ4n) is 2.65. The van der Waals surface area contributed by atoms with Crippen molar-refractivity contribution in [3.8, 4) is 5.75 Å². The lowest BCUT2D eigenvalue weighted by Crippen LogP contribution is -2.26. The summed E-state index contributed by atoms with van der Waals surface area (Å²) in [5, 5.41) is 6.02. The number of thioether (sulfide) groups is 1. The van der Waals surface area contributed by atoms with Crippen LogP contribution in [0, 0.1) is 12.7 Å². The molecule has 0 saturated carbocycles. The Hall–Kier alpha value is -2.38. The molecule has 0 spiro atoms. The van der Waals surface area contributed by atoms with Crippen molar-refractivity contribution in [1.29, 1.82) is 0 Å². The second kappa shape index (κ2) is 9.21. The molecule has 0 fully saturated rings. The van der Waals surface area contributed by atoms with Gasteiger partial charge in [-0.25, -0.2) is 9.37 Å². The zero-order valence-electron chi connectivity index (χ0n) is 15.9. The first kappa shape index (κ1) is 20.4. The Labute approximate surface area is 172 Å². The van der Waals surface area contributed by atoms with Gasteiger partial charge in [0.15, 0.2) is 11.6 Å². The summed E-state index contributed by atoms with van der Waals surface area (Å²) in [6.07, 6.45) is 0. The van der Waals surface area contributed by atoms with Crippen LogP contribution >= 0.6 is 23.1 Å². The number of aromatic nitrogens is 1. The second-order valence-electron chi connectivity index (χ2n) is 6.26. The lowest BCUT2D eigenvalue weighted by Gasteiger charge is -2.15. The molecule has 0 aliphatic rings. The maximum atomic E-state index is 13.9. The Bertz CT molecular complexity index is 957. The molecule has 0 bridgehead atoms. The Balaban J connectivity index is 1.58. The van der Waals surface area contributed by atoms with Gasteiger partial charge in [0.25, 0.3) is 5.91 Å². The van der Waals surface area contributed by atoms with Gasteiger partial charge >= 0.3 is 0 Å². The monoisotopic (exact) mass is 416 g/mol. The first-order valence-electron chi connectivity index (χ1n) is 8.74. The van der Waals surface area contributed by atoms with Crippen LogP contribution < -0.4 is 10.1 Å². The van der Waals surface area contributed by atoms with Crippen LogP contribution in [0.25, 0.3) is 0 Å². The van der Waals surface area contributed by atoms with Crippen molar-refractivity contribution < 1.29 is 13.9 Å². The van der Waals surface area contributed by atoms with Gasteiger partial charge in [0, 0.05) is 21.6 Å². The van der Waals surface area contributed by atoms with Crippen molar-refractivity contribution in [2.24, 2.45) is 0 Å². The van der Waals surface area contributed by atoms with Crippen molar-refractivity contribution in [3.63, 3.8) is 0 Å². The number of methoxy groups -OCH3 is 1. The SMILES string of the molecule is COc1ccc([C@H](C)NC(=O)c2ccc(SCc3csc(C)n3)cc2)cc1F. The molecule has 28 heavy (non-hydrogen) atoms. The minimum atomic E-state index is -0.446. The number of amides is 1. The maximum Gasteiger partial charge on any atom is 0.251 e. The van der Waals surface area contributed by atoms with E-state index < -0.39 is 5.82 Å². The van der Waals surface area contributed by atoms with E-state index in [2.05, 4.69) is 15.7 Å². The van der Waals surface area contributed by atoms with Gasteiger partial charge in [0.1, 0.15) is 0 Å². The van der Waals surface area contributed by atoms with Crippen LogP contribution in [0.1, 0.15) is 39.6 Å². The van der Waals surface area contributed by atoms with Gasteiger partial charge in [-0.3, -0.25) is 4.79 Å². The molecule has 7 heteroatoms. The summed E-state index contributed by atoms with van der Waals surface area (Å²) >= 11 is 3.33. The van der Waals surface area contributed by atoms with Crippen LogP contribution in [0.15, 0.2) is 52.7 Å². The molecular weight excluding hydrogens is 395 g/mol. The third-order valence-corrected chi connectivity index (χ3v) is 6.06. The molecule has 0 radical (unpaired) electrons. The van der Waals surface area contributed by atoms with Gasteiger partial charge in [-0.1, -0.05) is 6.07 Å². The molecule has 1 amide bonds. The largest absolute Gasteiger partial charge is 0.494 e. The molecular formula is C21H21FN2O2S2. The Morgan fingerprint density at radius 1 is 1.29 bits per heavy atom. The van der Waals surface area contributed by atoms with Crippen molar-refractivity contribution in [2.45, 2.75) is 30.5 Å². The van der Waals surface area contributed by atoms with E-state index in [9.17, 15) is 9.18 Å². The van der Waals surface area contributed by atoms with E-state index in [1.807, 2.05) is 26.0 Å². The van der Waals surface area contributed by atoms with E-state index >= 15 is 0 Å². The van der Waals surface area contributed by atoms with Crippen LogP contribution in [0.3, 0.4) is 0 Å². The van der Waals surface area contributed by atoms with E-state index in [0.717, 1.165) is 21.3 Å². The maximum absolute atomic E-state index is 13.9. The summed E-state index contributed by atoms with van der Waals surface area (Å²) in [6.45, 7) is 3.81. The van der Waals surface area contributed by atoms with Crippen LogP contribution in [0.2, 0.25) is 0 Å². The fraction of sp³-hybridized carbons (Fsp3) is 0.238. The number of nitrogens with one attached hydrogen (secondary N) is 1. The number of halogens is 1. The number of hydrogen-bond acceptors (Lipinski definition) is 5. The number of carbonyl (C=O) groups excluding carboxylic acids is 1. The van der Waals surface area contributed by atoms with Crippen LogP contribution in [-0.2, 0) is 5.75 Å². The third-order valence-electron chi connectivity index (χ3n) is 4.19. The van der Waals surface area contributed by atoms with Crippen molar-refractivity contribution in [2.75, 3.05) is 7.11 Å². The number of carbonyl (C=O) groups is 1. The minimum Gasteiger partial charge on any atom is -0.494 e. The number of benzene rings is 2. The third kappa shape index (κ3) is 5.11. The molecule has 4 nitrogen and oxygen atoms in total. The van der Waals surface area contributed by atoms with E-state index in [4.69, 9.17) is 4.74 Å². The summed E-state index contributed by atoms with van der Waals surface area (Å²) in [4.78, 5) is 18.0. The standard InChI is InChI=1S/C21H21FN2O2S2/c1-13(16-6-9-20(26-3)19(22)10-16)23-21(25)15-4-7-18(8-5-15)28-12-17-11-27-14(2)24-17/h4-11,13H,12H2,1-3H3,(H,23,25)/t13-/m0/s1. The zero-order chi connectivity index (χ0) is 20.1. The first-order valence-corrected chi connectivity index (χ1v) is 10.6. The quantitative estimate of drug-likeness (QED) is 0.525. The number of aryl methyl sites for hydroxylation is 1. The molecule has 2 aromatic carbocycles. The van der Waals surface area contributed by atoms with Gasteiger partial charge in [-0.05, 0) is 55.8 Å². The summed E-state index contributed by atoms with van der Waals surface area (Å²) in [5.41, 5.74) is 2.31. The highest BCUT2D eigenvalue weighted by Crippen LogP contribution is 2.25. The highest BCUT2D eigenvalue weighted by atomic mass is 32.2. The molecule has 146 valence electrons. The molecule has 1 N–H and O–H groups in total. The van der Waals surface area contributed by atoms with Crippen molar-refractivity contribution in [1.82, 2.24) is 10.3 Å². The van der Waals surface area contributed by atoms with Crippen molar-refractivity contribution in [3.05, 3.63) is 75.5 Å². The van der Waals surface area contributed by atoms with Crippen LogP contribution in [0.4, 0.5) is 4.39 Å². The molecule has 0 aliphatic carbocycles. The van der Waals surface area contributed by atoms with Gasteiger partial charge in [0.2, 0.25) is 0 Å². The number of nitrogens with zero attached hydrogens (tertiary/aromatic N) is 1. The molecule has 1 atom stereocenters. The van der Waals surface area contributed by atoms with Crippen LogP contribution in [-0.4, -0.2) is 18.0 Å². The number of ether oxygens (including phenoxy) is 1. The topological polar surface area (TPSA) is 51.2 Å². The average Bonchev–Trinajstić information content (AvgIpc) is 3.11. The second-order valence-corrected chi connectivity index (χ2v) is 8.37. The Morgan fingerprint density at radius 2 is 2.04 bits per heavy atom. The normalized spacial score (nSPS) is 11.9. The molecule has 1 heterocycles. The van der Waals surface area contributed by atoms with Crippen LogP contribution in [0.5, 0.6) is 5.75 Å². The predicted octanol–water partition coefficient (Wildman–Crippen LogP) is 5.38. The van der Waals surface area contributed by atoms with E-state index in [1.165, 1.54) is 13.2 Å². The fourth-order valence-corrected chi connectivity index (χ4v) is 4.16. The lowest BCUT2D eigenvalue weighted by atomic mass is 10.1. The van der Waals surface area contributed by atoms with Gasteiger partial charge < -0.3 is 10.1 Å². The number of hydrogen-bond donors (Lipinski definition) is 1. The number of thiazole rings is 1. The molecule has 3 rings (SSSR count). The summed E-state index contributed by atoms with van der Waals surface area (Å²) < 4.78 is 18.8. The van der Waals surface area contributed by atoms with Gasteiger partial charge in [-0.15, -0.1) is 23.1 Å². The molecule has 3 aromatic rings. The summed E-state index contributed by atoms with van der Waals surface area (Å²) in [5.74, 6) is 0.340. The van der Waals surface area contributed by atoms with Gasteiger partial charge in [0.05, 0.1) is 23.9 Å². The molecule has 0 aliphatic heterocycles. The zero-order valence-corrected chi connectivity index (χ0v) is 17.5. The highest BCUT2D eigenvalue weighted by molar-refractivity contribution is 7.98. The summed E-state index contributed by atoms with van der Waals surface area (Å²) in [7, 11) is 1.42. The van der Waals surface area contributed by atoms with E-state index in [1.54, 1.807) is 47.4 Å². The average molecular weight is 417 g/mol. The highest BCUT2D eigenvalue weighted by Gasteiger charge is 2.14. The number of rotatable bonds is 7. The summed E-state index contributed by atoms with van der Waals surface area (Å²) in [6, 6.07) is 11.8. The van der Waals surface area contributed by atoms with Crippen molar-refractivity contribution >= 4 is 29.0 Å². The van der Waals surface area contributed by atoms with E-state index in [0.29, 0.717) is 11.1 Å². The molecule has 0 unspecified atom stereocenters. The minimum absolute atomic E-state index is 0.183.